The average Bonchev–Trinajstić information content (AvgIpc) is 2.26. The maximum atomic E-state index is 6.03. The molecule has 0 heterocycles. The van der Waals surface area contributed by atoms with Crippen molar-refractivity contribution >= 4 is 0 Å². The van der Waals surface area contributed by atoms with Crippen LogP contribution in [0.15, 0.2) is 18.2 Å². The number of nitrogens with two attached hydrogens (primary N) is 1. The number of benzene rings is 1. The summed E-state index contributed by atoms with van der Waals surface area (Å²) in [5.41, 5.74) is 8.05. The fourth-order valence-electron chi connectivity index (χ4n) is 1.90. The third-order valence-electron chi connectivity index (χ3n) is 2.93. The second-order valence-electron chi connectivity index (χ2n) is 5.06. The quantitative estimate of drug-likeness (QED) is 0.817. The Morgan fingerprint density at radius 1 is 1.24 bits per heavy atom. The predicted octanol–water partition coefficient (Wildman–Crippen LogP) is 3.62. The lowest BCUT2D eigenvalue weighted by molar-refractivity contribution is 0.206. The first-order chi connectivity index (χ1) is 8.04. The molecule has 0 saturated heterocycles. The third-order valence-corrected chi connectivity index (χ3v) is 2.93. The zero-order valence-corrected chi connectivity index (χ0v) is 11.5. The first-order valence-corrected chi connectivity index (χ1v) is 6.52. The molecule has 0 aliphatic carbocycles. The molecule has 0 aromatic heterocycles. The van der Waals surface area contributed by atoms with Crippen LogP contribution in [0.3, 0.4) is 0 Å². The largest absolute Gasteiger partial charge is 0.490 e. The Labute approximate surface area is 105 Å². The minimum absolute atomic E-state index is 0.234. The van der Waals surface area contributed by atoms with Crippen molar-refractivity contribution in [2.45, 2.75) is 52.6 Å². The Hall–Kier alpha value is -1.02. The van der Waals surface area contributed by atoms with Crippen LogP contribution in [0.1, 0.15) is 50.7 Å². The summed E-state index contributed by atoms with van der Waals surface area (Å²) >= 11 is 0. The van der Waals surface area contributed by atoms with Crippen molar-refractivity contribution in [1.82, 2.24) is 0 Å². The standard InChI is InChI=1S/C15H25NO/c1-11(2)14-8-7-12(3)10-15(14)17-13(4)6-5-9-16/h7-8,10-11,13H,5-6,9,16H2,1-4H3. The van der Waals surface area contributed by atoms with Gasteiger partial charge in [-0.15, -0.1) is 0 Å². The van der Waals surface area contributed by atoms with E-state index in [0.717, 1.165) is 25.1 Å². The van der Waals surface area contributed by atoms with Gasteiger partial charge in [-0.2, -0.15) is 0 Å². The van der Waals surface area contributed by atoms with Crippen LogP contribution in [0.4, 0.5) is 0 Å². The maximum absolute atomic E-state index is 6.03. The van der Waals surface area contributed by atoms with Gasteiger partial charge in [0.25, 0.3) is 0 Å². The SMILES string of the molecule is Cc1ccc(C(C)C)c(OC(C)CCCN)c1. The summed E-state index contributed by atoms with van der Waals surface area (Å²) in [5, 5.41) is 0. The van der Waals surface area contributed by atoms with Crippen molar-refractivity contribution in [2.75, 3.05) is 6.54 Å². The average molecular weight is 235 g/mol. The van der Waals surface area contributed by atoms with Crippen molar-refractivity contribution in [3.05, 3.63) is 29.3 Å². The van der Waals surface area contributed by atoms with Gasteiger partial charge >= 0.3 is 0 Å². The second-order valence-corrected chi connectivity index (χ2v) is 5.06. The van der Waals surface area contributed by atoms with Crippen molar-refractivity contribution in [2.24, 2.45) is 5.73 Å². The van der Waals surface area contributed by atoms with Crippen LogP contribution in [-0.4, -0.2) is 12.6 Å². The normalized spacial score (nSPS) is 12.8. The Morgan fingerprint density at radius 2 is 1.94 bits per heavy atom. The van der Waals surface area contributed by atoms with Crippen LogP contribution in [0.2, 0.25) is 0 Å². The topological polar surface area (TPSA) is 35.2 Å². The highest BCUT2D eigenvalue weighted by atomic mass is 16.5. The van der Waals surface area contributed by atoms with E-state index in [0.29, 0.717) is 5.92 Å². The molecule has 1 atom stereocenters. The van der Waals surface area contributed by atoms with Crippen LogP contribution in [0, 0.1) is 6.92 Å². The van der Waals surface area contributed by atoms with Gasteiger partial charge in [0.1, 0.15) is 5.75 Å². The van der Waals surface area contributed by atoms with Gasteiger partial charge in [0.05, 0.1) is 6.10 Å². The summed E-state index contributed by atoms with van der Waals surface area (Å²) < 4.78 is 6.03. The van der Waals surface area contributed by atoms with Gasteiger partial charge in [0.15, 0.2) is 0 Å². The molecule has 0 aliphatic heterocycles. The predicted molar refractivity (Wildman–Crippen MR) is 73.6 cm³/mol. The molecule has 0 saturated carbocycles. The van der Waals surface area contributed by atoms with Gasteiger partial charge in [0, 0.05) is 0 Å². The summed E-state index contributed by atoms with van der Waals surface area (Å²) in [6.45, 7) is 9.34. The number of hydrogen-bond acceptors (Lipinski definition) is 2. The molecule has 0 radical (unpaired) electrons. The summed E-state index contributed by atoms with van der Waals surface area (Å²) in [4.78, 5) is 0. The molecule has 1 rings (SSSR count). The molecular formula is C15H25NO. The molecule has 0 amide bonds. The summed E-state index contributed by atoms with van der Waals surface area (Å²) in [6.07, 6.45) is 2.27. The Kier molecular flexibility index (Phi) is 5.49. The lowest BCUT2D eigenvalue weighted by atomic mass is 10.0. The first kappa shape index (κ1) is 14.0. The van der Waals surface area contributed by atoms with Gasteiger partial charge in [-0.3, -0.25) is 0 Å². The monoisotopic (exact) mass is 235 g/mol. The van der Waals surface area contributed by atoms with E-state index in [-0.39, 0.29) is 6.10 Å². The summed E-state index contributed by atoms with van der Waals surface area (Å²) in [6, 6.07) is 6.45. The van der Waals surface area contributed by atoms with Crippen LogP contribution < -0.4 is 10.5 Å². The zero-order valence-electron chi connectivity index (χ0n) is 11.5. The van der Waals surface area contributed by atoms with E-state index >= 15 is 0 Å². The number of rotatable bonds is 6. The second kappa shape index (κ2) is 6.65. The van der Waals surface area contributed by atoms with Crippen LogP contribution in [0.5, 0.6) is 5.75 Å². The van der Waals surface area contributed by atoms with Crippen LogP contribution >= 0.6 is 0 Å². The lowest BCUT2D eigenvalue weighted by Crippen LogP contribution is -2.15. The molecule has 2 nitrogen and oxygen atoms in total. The van der Waals surface area contributed by atoms with E-state index in [4.69, 9.17) is 10.5 Å². The molecule has 96 valence electrons. The molecule has 1 aromatic rings. The molecule has 0 aliphatic rings. The molecule has 1 aromatic carbocycles. The van der Waals surface area contributed by atoms with Crippen molar-refractivity contribution < 1.29 is 4.74 Å². The molecule has 0 fully saturated rings. The third kappa shape index (κ3) is 4.39. The highest BCUT2D eigenvalue weighted by molar-refractivity contribution is 5.39. The Balaban J connectivity index is 2.77. The zero-order chi connectivity index (χ0) is 12.8. The van der Waals surface area contributed by atoms with Gasteiger partial charge in [-0.1, -0.05) is 26.0 Å². The van der Waals surface area contributed by atoms with Crippen molar-refractivity contribution in [3.63, 3.8) is 0 Å². The summed E-state index contributed by atoms with van der Waals surface area (Å²) in [5.74, 6) is 1.52. The van der Waals surface area contributed by atoms with E-state index in [9.17, 15) is 0 Å². The molecule has 0 spiro atoms. The number of ether oxygens (including phenoxy) is 1. The van der Waals surface area contributed by atoms with Crippen LogP contribution in [0.25, 0.3) is 0 Å². The fourth-order valence-corrected chi connectivity index (χ4v) is 1.90. The van der Waals surface area contributed by atoms with E-state index in [1.165, 1.54) is 11.1 Å². The fraction of sp³-hybridized carbons (Fsp3) is 0.600. The first-order valence-electron chi connectivity index (χ1n) is 6.52. The maximum Gasteiger partial charge on any atom is 0.123 e. The Bertz CT molecular complexity index is 347. The van der Waals surface area contributed by atoms with Gasteiger partial charge in [-0.05, 0) is 56.3 Å². The Morgan fingerprint density at radius 3 is 2.53 bits per heavy atom. The molecule has 0 bridgehead atoms. The van der Waals surface area contributed by atoms with Crippen molar-refractivity contribution in [3.8, 4) is 5.75 Å². The summed E-state index contributed by atoms with van der Waals surface area (Å²) in [7, 11) is 0. The van der Waals surface area contributed by atoms with Crippen molar-refractivity contribution in [1.29, 1.82) is 0 Å². The van der Waals surface area contributed by atoms with Gasteiger partial charge in [-0.25, -0.2) is 0 Å². The minimum atomic E-state index is 0.234. The van der Waals surface area contributed by atoms with E-state index in [1.807, 2.05) is 0 Å². The number of aryl methyl sites for hydroxylation is 1. The molecular weight excluding hydrogens is 210 g/mol. The lowest BCUT2D eigenvalue weighted by Gasteiger charge is -2.19. The highest BCUT2D eigenvalue weighted by Crippen LogP contribution is 2.28. The molecule has 1 unspecified atom stereocenters. The van der Waals surface area contributed by atoms with Gasteiger partial charge in [0.2, 0.25) is 0 Å². The smallest absolute Gasteiger partial charge is 0.123 e. The molecule has 17 heavy (non-hydrogen) atoms. The van der Waals surface area contributed by atoms with E-state index in [1.54, 1.807) is 0 Å². The van der Waals surface area contributed by atoms with Gasteiger partial charge < -0.3 is 10.5 Å². The number of hydrogen-bond donors (Lipinski definition) is 1. The minimum Gasteiger partial charge on any atom is -0.490 e. The van der Waals surface area contributed by atoms with Crippen LogP contribution in [-0.2, 0) is 0 Å². The van der Waals surface area contributed by atoms with E-state index < -0.39 is 0 Å². The molecule has 2 heteroatoms. The molecule has 2 N–H and O–H groups in total. The highest BCUT2D eigenvalue weighted by Gasteiger charge is 2.11. The van der Waals surface area contributed by atoms with E-state index in [2.05, 4.69) is 45.9 Å².